The van der Waals surface area contributed by atoms with Gasteiger partial charge in [0, 0.05) is 11.5 Å². The highest BCUT2D eigenvalue weighted by atomic mass is 16.3. The molecule has 9 heteroatoms. The van der Waals surface area contributed by atoms with Gasteiger partial charge < -0.3 is 26.2 Å². The van der Waals surface area contributed by atoms with Gasteiger partial charge in [0.15, 0.2) is 11.4 Å². The van der Waals surface area contributed by atoms with Crippen LogP contribution in [0.25, 0.3) is 0 Å². The maximum Gasteiger partial charge on any atom is 0.255 e. The second-order valence-corrected chi connectivity index (χ2v) is 8.27. The number of aromatic hydroxyl groups is 1. The van der Waals surface area contributed by atoms with Crippen LogP contribution >= 0.6 is 0 Å². The van der Waals surface area contributed by atoms with Crippen LogP contribution in [0.4, 0.5) is 0 Å². The Morgan fingerprint density at radius 2 is 1.87 bits per heavy atom. The number of Topliss-reactive ketones (excluding diaryl/α,β-unsaturated/α-hetero) is 2. The van der Waals surface area contributed by atoms with Crippen molar-refractivity contribution in [1.82, 2.24) is 4.90 Å². The number of nitrogens with zero attached hydrogens (tertiary/aromatic N) is 1. The molecular weight excluding hydrogens is 392 g/mol. The van der Waals surface area contributed by atoms with Crippen molar-refractivity contribution in [2.75, 3.05) is 14.1 Å². The second-order valence-electron chi connectivity index (χ2n) is 8.27. The molecule has 9 nitrogen and oxygen atoms in total. The lowest BCUT2D eigenvalue weighted by molar-refractivity contribution is -0.148. The predicted octanol–water partition coefficient (Wildman–Crippen LogP) is 0.121. The lowest BCUT2D eigenvalue weighted by Crippen LogP contribution is -2.63. The van der Waals surface area contributed by atoms with E-state index in [1.807, 2.05) is 0 Å². The number of aliphatic hydroxyl groups excluding tert-OH is 2. The van der Waals surface area contributed by atoms with Crippen molar-refractivity contribution < 1.29 is 34.8 Å². The highest BCUT2D eigenvalue weighted by molar-refractivity contribution is 6.24. The number of primary amides is 1. The number of hydrogen-bond donors (Lipinski definition) is 5. The Labute approximate surface area is 171 Å². The SMILES string of the molecule is CN(C)[C@@H]1C(O)=C(C(N)=O)C(=O)C2(O)C(O)=C3C(=O)c4c(O)cccc4CC3CC12. The zero-order valence-corrected chi connectivity index (χ0v) is 16.4. The molecule has 0 heterocycles. The molecule has 0 spiro atoms. The van der Waals surface area contributed by atoms with E-state index in [2.05, 4.69) is 0 Å². The predicted molar refractivity (Wildman–Crippen MR) is 104 cm³/mol. The van der Waals surface area contributed by atoms with Gasteiger partial charge >= 0.3 is 0 Å². The number of aliphatic hydroxyl groups is 3. The molecule has 0 saturated heterocycles. The molecule has 1 aromatic carbocycles. The first-order valence-corrected chi connectivity index (χ1v) is 9.47. The molecule has 4 atom stereocenters. The van der Waals surface area contributed by atoms with Crippen molar-refractivity contribution in [3.63, 3.8) is 0 Å². The summed E-state index contributed by atoms with van der Waals surface area (Å²) in [5.41, 5.74) is 2.31. The van der Waals surface area contributed by atoms with E-state index in [4.69, 9.17) is 5.73 Å². The van der Waals surface area contributed by atoms with Gasteiger partial charge in [-0.05, 0) is 44.5 Å². The monoisotopic (exact) mass is 414 g/mol. The van der Waals surface area contributed by atoms with Gasteiger partial charge in [0.05, 0.1) is 11.6 Å². The van der Waals surface area contributed by atoms with Crippen LogP contribution in [-0.2, 0) is 16.0 Å². The van der Waals surface area contributed by atoms with Gasteiger partial charge in [-0.3, -0.25) is 19.3 Å². The number of phenolic OH excluding ortho intramolecular Hbond substituents is 1. The molecule has 6 N–H and O–H groups in total. The van der Waals surface area contributed by atoms with Crippen LogP contribution in [0.5, 0.6) is 5.75 Å². The fraction of sp³-hybridized carbons (Fsp3) is 0.381. The molecule has 4 rings (SSSR count). The molecule has 158 valence electrons. The number of hydrogen-bond acceptors (Lipinski definition) is 8. The molecule has 0 radical (unpaired) electrons. The van der Waals surface area contributed by atoms with Gasteiger partial charge in [-0.25, -0.2) is 0 Å². The standard InChI is InChI=1S/C21H22N2O7/c1-23(2)15-10-7-9-6-8-4-3-5-11(24)12(8)16(25)13(9)18(27)21(10,30)19(28)14(17(15)26)20(22)29/h3-5,9-10,15,24,26-27,30H,6-7H2,1-2H3,(H2,22,29)/t9?,10?,15-,21?/m0/s1. The van der Waals surface area contributed by atoms with Crippen molar-refractivity contribution in [2.45, 2.75) is 24.5 Å². The van der Waals surface area contributed by atoms with Crippen LogP contribution in [-0.4, -0.2) is 68.5 Å². The van der Waals surface area contributed by atoms with E-state index in [0.29, 0.717) is 12.0 Å². The molecule has 0 aliphatic heterocycles. The van der Waals surface area contributed by atoms with E-state index in [9.17, 15) is 34.8 Å². The fourth-order valence-electron chi connectivity index (χ4n) is 5.19. The Morgan fingerprint density at radius 1 is 1.20 bits per heavy atom. The van der Waals surface area contributed by atoms with Crippen LogP contribution in [0, 0.1) is 11.8 Å². The van der Waals surface area contributed by atoms with Crippen LogP contribution < -0.4 is 5.73 Å². The summed E-state index contributed by atoms with van der Waals surface area (Å²) in [6.07, 6.45) is 0.379. The van der Waals surface area contributed by atoms with Gasteiger partial charge in [0.1, 0.15) is 22.8 Å². The van der Waals surface area contributed by atoms with Crippen molar-refractivity contribution in [3.05, 3.63) is 52.0 Å². The third-order valence-electron chi connectivity index (χ3n) is 6.46. The Balaban J connectivity index is 1.97. The number of likely N-dealkylation sites (N-methyl/N-ethyl adjacent to an activating group) is 1. The fourth-order valence-corrected chi connectivity index (χ4v) is 5.19. The van der Waals surface area contributed by atoms with Gasteiger partial charge in [-0.1, -0.05) is 12.1 Å². The first kappa shape index (κ1) is 20.1. The molecule has 0 bridgehead atoms. The minimum Gasteiger partial charge on any atom is -0.510 e. The van der Waals surface area contributed by atoms with E-state index in [-0.39, 0.29) is 23.3 Å². The van der Waals surface area contributed by atoms with Crippen LogP contribution in [0.2, 0.25) is 0 Å². The molecule has 3 aliphatic rings. The number of allylic oxidation sites excluding steroid dienone is 1. The van der Waals surface area contributed by atoms with E-state index in [0.717, 1.165) is 0 Å². The number of carbonyl (C=O) groups excluding carboxylic acids is 3. The van der Waals surface area contributed by atoms with E-state index >= 15 is 0 Å². The Kier molecular flexibility index (Phi) is 4.30. The summed E-state index contributed by atoms with van der Waals surface area (Å²) in [4.78, 5) is 39.6. The molecule has 1 amide bonds. The summed E-state index contributed by atoms with van der Waals surface area (Å²) >= 11 is 0. The molecule has 1 aromatic rings. The topological polar surface area (TPSA) is 161 Å². The maximum absolute atomic E-state index is 13.1. The number of fused-ring (bicyclic) bond motifs is 3. The highest BCUT2D eigenvalue weighted by Gasteiger charge is 2.63. The Bertz CT molecular complexity index is 1070. The molecule has 0 aromatic heterocycles. The molecule has 0 saturated carbocycles. The number of benzene rings is 1. The van der Waals surface area contributed by atoms with Crippen LogP contribution in [0.15, 0.2) is 40.9 Å². The first-order chi connectivity index (χ1) is 14.0. The Morgan fingerprint density at radius 3 is 2.47 bits per heavy atom. The molecule has 30 heavy (non-hydrogen) atoms. The maximum atomic E-state index is 13.1. The number of nitrogens with two attached hydrogens (primary N) is 1. The van der Waals surface area contributed by atoms with E-state index in [1.165, 1.54) is 11.0 Å². The average Bonchev–Trinajstić information content (AvgIpc) is 2.64. The lowest BCUT2D eigenvalue weighted by Gasteiger charge is -2.50. The smallest absolute Gasteiger partial charge is 0.255 e. The molecule has 3 unspecified atom stereocenters. The molecular formula is C21H22N2O7. The first-order valence-electron chi connectivity index (χ1n) is 9.47. The van der Waals surface area contributed by atoms with Crippen molar-refractivity contribution >= 4 is 17.5 Å². The van der Waals surface area contributed by atoms with Crippen molar-refractivity contribution in [1.29, 1.82) is 0 Å². The number of rotatable bonds is 2. The van der Waals surface area contributed by atoms with Crippen LogP contribution in [0.3, 0.4) is 0 Å². The number of phenols is 1. The molecule has 3 aliphatic carbocycles. The van der Waals surface area contributed by atoms with Gasteiger partial charge in [0.2, 0.25) is 5.78 Å². The summed E-state index contributed by atoms with van der Waals surface area (Å²) in [6.45, 7) is 0. The normalized spacial score (nSPS) is 30.9. The highest BCUT2D eigenvalue weighted by Crippen LogP contribution is 2.52. The van der Waals surface area contributed by atoms with Crippen molar-refractivity contribution in [3.8, 4) is 5.75 Å². The molecule has 0 fully saturated rings. The van der Waals surface area contributed by atoms with Gasteiger partial charge in [0.25, 0.3) is 5.91 Å². The second kappa shape index (κ2) is 6.41. The quantitative estimate of drug-likeness (QED) is 0.426. The van der Waals surface area contributed by atoms with E-state index < -0.39 is 58.0 Å². The summed E-state index contributed by atoms with van der Waals surface area (Å²) in [5, 5.41) is 43.2. The number of carbonyl (C=O) groups is 3. The lowest BCUT2D eigenvalue weighted by atomic mass is 9.58. The largest absolute Gasteiger partial charge is 0.510 e. The average molecular weight is 414 g/mol. The zero-order chi connectivity index (χ0) is 22.1. The van der Waals surface area contributed by atoms with Crippen LogP contribution in [0.1, 0.15) is 22.3 Å². The van der Waals surface area contributed by atoms with E-state index in [1.54, 1.807) is 26.2 Å². The summed E-state index contributed by atoms with van der Waals surface area (Å²) in [6, 6.07) is 3.66. The summed E-state index contributed by atoms with van der Waals surface area (Å²) in [5.74, 6) is -6.42. The number of ketones is 2. The Hall–Kier alpha value is -3.17. The van der Waals surface area contributed by atoms with Crippen molar-refractivity contribution in [2.24, 2.45) is 17.6 Å². The third kappa shape index (κ3) is 2.39. The zero-order valence-electron chi connectivity index (χ0n) is 16.4. The minimum absolute atomic E-state index is 0.0123. The minimum atomic E-state index is -2.60. The third-order valence-corrected chi connectivity index (χ3v) is 6.46. The summed E-state index contributed by atoms with van der Waals surface area (Å²) in [7, 11) is 3.18. The van der Waals surface area contributed by atoms with Gasteiger partial charge in [-0.15, -0.1) is 0 Å². The van der Waals surface area contributed by atoms with Gasteiger partial charge in [-0.2, -0.15) is 0 Å². The summed E-state index contributed by atoms with van der Waals surface area (Å²) < 4.78 is 0. The number of amides is 1.